The predicted molar refractivity (Wildman–Crippen MR) is 77.4 cm³/mol. The number of hydrogen-bond donors (Lipinski definition) is 1. The average molecular weight is 263 g/mol. The summed E-state index contributed by atoms with van der Waals surface area (Å²) in [7, 11) is 0. The van der Waals surface area contributed by atoms with Crippen LogP contribution in [0.3, 0.4) is 0 Å². The molecule has 1 unspecified atom stereocenters. The van der Waals surface area contributed by atoms with Crippen molar-refractivity contribution in [2.75, 3.05) is 6.54 Å². The number of rotatable bonds is 7. The highest BCUT2D eigenvalue weighted by atomic mass is 16.2. The molecule has 0 aliphatic carbocycles. The molecule has 4 heteroatoms. The summed E-state index contributed by atoms with van der Waals surface area (Å²) in [5.41, 5.74) is 6.43. The Morgan fingerprint density at radius 2 is 2.11 bits per heavy atom. The zero-order valence-electron chi connectivity index (χ0n) is 12.2. The minimum Gasteiger partial charge on any atom is -0.334 e. The first-order valence-electron chi connectivity index (χ1n) is 6.96. The molecule has 19 heavy (non-hydrogen) atoms. The number of aromatic nitrogens is 1. The summed E-state index contributed by atoms with van der Waals surface area (Å²) < 4.78 is 0. The number of nitrogens with zero attached hydrogens (tertiary/aromatic N) is 2. The van der Waals surface area contributed by atoms with Gasteiger partial charge in [0.15, 0.2) is 0 Å². The van der Waals surface area contributed by atoms with E-state index in [1.54, 1.807) is 6.20 Å². The quantitative estimate of drug-likeness (QED) is 0.820. The van der Waals surface area contributed by atoms with Crippen molar-refractivity contribution in [3.05, 3.63) is 30.1 Å². The molecule has 0 aromatic carbocycles. The van der Waals surface area contributed by atoms with E-state index in [1.807, 2.05) is 43.9 Å². The molecule has 0 radical (unpaired) electrons. The van der Waals surface area contributed by atoms with Gasteiger partial charge in [0, 0.05) is 18.2 Å². The molecule has 4 nitrogen and oxygen atoms in total. The maximum Gasteiger partial charge on any atom is 0.225 e. The average Bonchev–Trinajstić information content (AvgIpc) is 2.42. The molecule has 1 heterocycles. The first-order valence-corrected chi connectivity index (χ1v) is 6.96. The van der Waals surface area contributed by atoms with Crippen molar-refractivity contribution in [2.45, 2.75) is 46.2 Å². The smallest absolute Gasteiger partial charge is 0.225 e. The maximum atomic E-state index is 12.5. The van der Waals surface area contributed by atoms with E-state index in [0.717, 1.165) is 18.5 Å². The predicted octanol–water partition coefficient (Wildman–Crippen LogP) is 2.19. The summed E-state index contributed by atoms with van der Waals surface area (Å²) in [6.07, 6.45) is 3.50. The van der Waals surface area contributed by atoms with Crippen LogP contribution in [0.4, 0.5) is 0 Å². The first-order chi connectivity index (χ1) is 9.06. The van der Waals surface area contributed by atoms with Crippen LogP contribution in [0.15, 0.2) is 24.4 Å². The molecule has 1 aromatic heterocycles. The van der Waals surface area contributed by atoms with Crippen molar-refractivity contribution in [3.63, 3.8) is 0 Å². The second kappa shape index (κ2) is 7.89. The van der Waals surface area contributed by atoms with Gasteiger partial charge in [-0.1, -0.05) is 13.0 Å². The van der Waals surface area contributed by atoms with Gasteiger partial charge in [0.1, 0.15) is 0 Å². The molecule has 0 aliphatic rings. The zero-order valence-corrected chi connectivity index (χ0v) is 12.2. The van der Waals surface area contributed by atoms with Gasteiger partial charge in [0.25, 0.3) is 0 Å². The van der Waals surface area contributed by atoms with Crippen LogP contribution in [0, 0.1) is 5.92 Å². The number of carbonyl (C=O) groups excluding carboxylic acids is 1. The minimum absolute atomic E-state index is 0.0228. The van der Waals surface area contributed by atoms with Crippen LogP contribution < -0.4 is 5.73 Å². The van der Waals surface area contributed by atoms with Crippen molar-refractivity contribution < 1.29 is 4.79 Å². The van der Waals surface area contributed by atoms with E-state index < -0.39 is 0 Å². The Labute approximate surface area is 116 Å². The van der Waals surface area contributed by atoms with Crippen LogP contribution in [0.1, 0.15) is 39.3 Å². The fourth-order valence-corrected chi connectivity index (χ4v) is 2.01. The van der Waals surface area contributed by atoms with E-state index in [-0.39, 0.29) is 17.9 Å². The monoisotopic (exact) mass is 263 g/mol. The fraction of sp³-hybridized carbons (Fsp3) is 0.600. The van der Waals surface area contributed by atoms with Gasteiger partial charge in [-0.3, -0.25) is 9.78 Å². The van der Waals surface area contributed by atoms with Crippen molar-refractivity contribution in [1.82, 2.24) is 9.88 Å². The Hall–Kier alpha value is -1.42. The second-order valence-electron chi connectivity index (χ2n) is 5.21. The molecule has 0 bridgehead atoms. The third kappa shape index (κ3) is 4.99. The Morgan fingerprint density at radius 3 is 2.63 bits per heavy atom. The van der Waals surface area contributed by atoms with E-state index in [0.29, 0.717) is 13.1 Å². The molecule has 1 rings (SSSR count). The topological polar surface area (TPSA) is 59.2 Å². The molecule has 0 fully saturated rings. The zero-order chi connectivity index (χ0) is 14.3. The van der Waals surface area contributed by atoms with E-state index in [1.165, 1.54) is 0 Å². The third-order valence-corrected chi connectivity index (χ3v) is 3.23. The van der Waals surface area contributed by atoms with Crippen LogP contribution in [-0.2, 0) is 11.3 Å². The Kier molecular flexibility index (Phi) is 6.50. The number of nitrogens with two attached hydrogens (primary N) is 1. The highest BCUT2D eigenvalue weighted by Gasteiger charge is 2.22. The highest BCUT2D eigenvalue weighted by molar-refractivity contribution is 5.78. The lowest BCUT2D eigenvalue weighted by molar-refractivity contribution is -0.137. The molecule has 2 N–H and O–H groups in total. The van der Waals surface area contributed by atoms with Crippen molar-refractivity contribution >= 4 is 5.91 Å². The lowest BCUT2D eigenvalue weighted by Gasteiger charge is -2.29. The molecule has 1 aromatic rings. The van der Waals surface area contributed by atoms with Gasteiger partial charge in [-0.05, 0) is 45.4 Å². The van der Waals surface area contributed by atoms with Gasteiger partial charge in [-0.2, -0.15) is 0 Å². The highest BCUT2D eigenvalue weighted by Crippen LogP contribution is 2.14. The van der Waals surface area contributed by atoms with Gasteiger partial charge in [0.05, 0.1) is 12.2 Å². The molecule has 106 valence electrons. The Balaban J connectivity index is 2.69. The van der Waals surface area contributed by atoms with E-state index in [4.69, 9.17) is 5.73 Å². The molecule has 1 atom stereocenters. The third-order valence-electron chi connectivity index (χ3n) is 3.23. The van der Waals surface area contributed by atoms with E-state index in [2.05, 4.69) is 4.98 Å². The molecule has 0 saturated carbocycles. The van der Waals surface area contributed by atoms with Gasteiger partial charge < -0.3 is 10.6 Å². The van der Waals surface area contributed by atoms with E-state index >= 15 is 0 Å². The fourth-order valence-electron chi connectivity index (χ4n) is 2.01. The van der Waals surface area contributed by atoms with Gasteiger partial charge >= 0.3 is 0 Å². The van der Waals surface area contributed by atoms with Crippen molar-refractivity contribution in [1.29, 1.82) is 0 Å². The van der Waals surface area contributed by atoms with Gasteiger partial charge in [-0.25, -0.2) is 0 Å². The summed E-state index contributed by atoms with van der Waals surface area (Å²) in [6.45, 7) is 7.27. The lowest BCUT2D eigenvalue weighted by atomic mass is 10.0. The second-order valence-corrected chi connectivity index (χ2v) is 5.21. The number of pyridine rings is 1. The molecular weight excluding hydrogens is 238 g/mol. The Morgan fingerprint density at radius 1 is 1.37 bits per heavy atom. The number of hydrogen-bond acceptors (Lipinski definition) is 3. The number of carbonyl (C=O) groups is 1. The van der Waals surface area contributed by atoms with Crippen LogP contribution in [0.25, 0.3) is 0 Å². The molecule has 0 spiro atoms. The minimum atomic E-state index is 0.0228. The summed E-state index contributed by atoms with van der Waals surface area (Å²) in [4.78, 5) is 18.6. The summed E-state index contributed by atoms with van der Waals surface area (Å²) in [5.74, 6) is 0.212. The standard InChI is InChI=1S/C15H25N3O/c1-12(2)18(11-14-8-4-5-10-17-14)15(19)13(3)7-6-9-16/h4-5,8,10,12-13H,6-7,9,11,16H2,1-3H3. The summed E-state index contributed by atoms with van der Waals surface area (Å²) in [6, 6.07) is 5.96. The van der Waals surface area contributed by atoms with Crippen molar-refractivity contribution in [3.8, 4) is 0 Å². The van der Waals surface area contributed by atoms with Crippen molar-refractivity contribution in [2.24, 2.45) is 11.7 Å². The largest absolute Gasteiger partial charge is 0.334 e. The van der Waals surface area contributed by atoms with Gasteiger partial charge in [0.2, 0.25) is 5.91 Å². The summed E-state index contributed by atoms with van der Waals surface area (Å²) >= 11 is 0. The van der Waals surface area contributed by atoms with Crippen LogP contribution >= 0.6 is 0 Å². The van der Waals surface area contributed by atoms with Crippen LogP contribution in [0.2, 0.25) is 0 Å². The number of amides is 1. The van der Waals surface area contributed by atoms with E-state index in [9.17, 15) is 4.79 Å². The molecule has 0 saturated heterocycles. The molecule has 0 aliphatic heterocycles. The van der Waals surface area contributed by atoms with Gasteiger partial charge in [-0.15, -0.1) is 0 Å². The SMILES string of the molecule is CC(CCCN)C(=O)N(Cc1ccccn1)C(C)C. The first kappa shape index (κ1) is 15.6. The summed E-state index contributed by atoms with van der Waals surface area (Å²) in [5, 5.41) is 0. The molecular formula is C15H25N3O. The maximum absolute atomic E-state index is 12.5. The lowest BCUT2D eigenvalue weighted by Crippen LogP contribution is -2.40. The Bertz CT molecular complexity index is 378. The van der Waals surface area contributed by atoms with Crippen LogP contribution in [0.5, 0.6) is 0 Å². The van der Waals surface area contributed by atoms with Crippen LogP contribution in [-0.4, -0.2) is 28.4 Å². The normalized spacial score (nSPS) is 12.5. The molecule has 1 amide bonds.